The summed E-state index contributed by atoms with van der Waals surface area (Å²) in [5.41, 5.74) is 4.77. The van der Waals surface area contributed by atoms with Gasteiger partial charge in [0.05, 0.1) is 0 Å². The summed E-state index contributed by atoms with van der Waals surface area (Å²) in [6.45, 7) is 6.86. The summed E-state index contributed by atoms with van der Waals surface area (Å²) in [5, 5.41) is 2.90. The van der Waals surface area contributed by atoms with Gasteiger partial charge < -0.3 is 10.1 Å². The minimum Gasteiger partial charge on any atom is -0.483 e. The van der Waals surface area contributed by atoms with Crippen LogP contribution in [0.2, 0.25) is 0 Å². The van der Waals surface area contributed by atoms with Gasteiger partial charge >= 0.3 is 0 Å². The van der Waals surface area contributed by atoms with Crippen LogP contribution >= 0.6 is 0 Å². The van der Waals surface area contributed by atoms with Crippen LogP contribution in [0.25, 0.3) is 0 Å². The number of rotatable bonds is 7. The maximum Gasteiger partial charge on any atom is 0.257 e. The van der Waals surface area contributed by atoms with Crippen molar-refractivity contribution in [1.29, 1.82) is 0 Å². The van der Waals surface area contributed by atoms with Crippen LogP contribution in [0.1, 0.15) is 28.7 Å². The number of benzene rings is 2. The molecule has 2 aromatic carbocycles. The van der Waals surface area contributed by atoms with Gasteiger partial charge in [0.15, 0.2) is 6.61 Å². The molecule has 0 aliphatic heterocycles. The lowest BCUT2D eigenvalue weighted by atomic mass is 10.1. The van der Waals surface area contributed by atoms with E-state index in [4.69, 9.17) is 4.74 Å². The first-order valence-corrected chi connectivity index (χ1v) is 8.07. The lowest BCUT2D eigenvalue weighted by molar-refractivity contribution is -0.123. The number of aryl methyl sites for hydroxylation is 4. The zero-order chi connectivity index (χ0) is 16.7. The van der Waals surface area contributed by atoms with Crippen LogP contribution in [0.5, 0.6) is 5.75 Å². The van der Waals surface area contributed by atoms with E-state index in [-0.39, 0.29) is 12.5 Å². The van der Waals surface area contributed by atoms with E-state index in [1.807, 2.05) is 38.1 Å². The molecule has 0 aliphatic rings. The van der Waals surface area contributed by atoms with Crippen LogP contribution in [-0.4, -0.2) is 19.1 Å². The first kappa shape index (κ1) is 17.1. The van der Waals surface area contributed by atoms with Gasteiger partial charge in [0, 0.05) is 6.54 Å². The van der Waals surface area contributed by atoms with Crippen molar-refractivity contribution in [2.45, 2.75) is 33.6 Å². The van der Waals surface area contributed by atoms with Crippen molar-refractivity contribution in [2.75, 3.05) is 13.2 Å². The predicted molar refractivity (Wildman–Crippen MR) is 93.9 cm³/mol. The van der Waals surface area contributed by atoms with Crippen molar-refractivity contribution in [2.24, 2.45) is 0 Å². The molecule has 0 radical (unpaired) electrons. The zero-order valence-corrected chi connectivity index (χ0v) is 14.2. The summed E-state index contributed by atoms with van der Waals surface area (Å²) in [6, 6.07) is 14.4. The van der Waals surface area contributed by atoms with Crippen molar-refractivity contribution in [3.05, 3.63) is 64.7 Å². The zero-order valence-electron chi connectivity index (χ0n) is 14.2. The van der Waals surface area contributed by atoms with E-state index in [0.29, 0.717) is 6.54 Å². The molecule has 0 unspecified atom stereocenters. The molecule has 1 N–H and O–H groups in total. The average Bonchev–Trinajstić information content (AvgIpc) is 2.55. The van der Waals surface area contributed by atoms with Gasteiger partial charge in [-0.15, -0.1) is 0 Å². The van der Waals surface area contributed by atoms with Gasteiger partial charge in [0.25, 0.3) is 5.91 Å². The quantitative estimate of drug-likeness (QED) is 0.791. The van der Waals surface area contributed by atoms with Gasteiger partial charge in [-0.05, 0) is 61.9 Å². The summed E-state index contributed by atoms with van der Waals surface area (Å²) in [4.78, 5) is 11.9. The smallest absolute Gasteiger partial charge is 0.257 e. The average molecular weight is 311 g/mol. The maximum absolute atomic E-state index is 11.9. The van der Waals surface area contributed by atoms with E-state index in [9.17, 15) is 4.79 Å². The van der Waals surface area contributed by atoms with Crippen molar-refractivity contribution in [1.82, 2.24) is 5.32 Å². The standard InChI is InChI=1S/C20H25NO2/c1-15-12-17(3)19(13-16(15)2)23-14-20(22)21-11-7-10-18-8-5-4-6-9-18/h4-6,8-9,12-13H,7,10-11,14H2,1-3H3,(H,21,22). The van der Waals surface area contributed by atoms with Gasteiger partial charge in [-0.25, -0.2) is 0 Å². The Morgan fingerprint density at radius 3 is 2.43 bits per heavy atom. The molecule has 1 amide bonds. The van der Waals surface area contributed by atoms with Crippen LogP contribution in [0.3, 0.4) is 0 Å². The van der Waals surface area contributed by atoms with Crippen molar-refractivity contribution in [3.63, 3.8) is 0 Å². The predicted octanol–water partition coefficient (Wildman–Crippen LogP) is 3.74. The Morgan fingerprint density at radius 2 is 1.70 bits per heavy atom. The molecule has 2 rings (SSSR count). The fourth-order valence-electron chi connectivity index (χ4n) is 2.45. The molecule has 0 spiro atoms. The summed E-state index contributed by atoms with van der Waals surface area (Å²) in [5.74, 6) is 0.711. The molecule has 0 aromatic heterocycles. The molecule has 0 heterocycles. The van der Waals surface area contributed by atoms with Crippen LogP contribution in [0.4, 0.5) is 0 Å². The number of hydrogen-bond donors (Lipinski definition) is 1. The van der Waals surface area contributed by atoms with Crippen molar-refractivity contribution < 1.29 is 9.53 Å². The number of hydrogen-bond acceptors (Lipinski definition) is 2. The normalized spacial score (nSPS) is 10.4. The number of ether oxygens (including phenoxy) is 1. The number of nitrogens with one attached hydrogen (secondary N) is 1. The SMILES string of the molecule is Cc1cc(C)c(OCC(=O)NCCCc2ccccc2)cc1C. The third-order valence-corrected chi connectivity index (χ3v) is 3.96. The second-order valence-electron chi connectivity index (χ2n) is 5.93. The van der Waals surface area contributed by atoms with E-state index < -0.39 is 0 Å². The molecular formula is C20H25NO2. The van der Waals surface area contributed by atoms with Gasteiger partial charge in [0.2, 0.25) is 0 Å². The molecular weight excluding hydrogens is 286 g/mol. The Morgan fingerprint density at radius 1 is 1.00 bits per heavy atom. The Kier molecular flexibility index (Phi) is 6.21. The van der Waals surface area contributed by atoms with E-state index in [1.165, 1.54) is 16.7 Å². The largest absolute Gasteiger partial charge is 0.483 e. The van der Waals surface area contributed by atoms with Gasteiger partial charge in [-0.2, -0.15) is 0 Å². The molecule has 3 heteroatoms. The Bertz CT molecular complexity index is 650. The number of amides is 1. The Hall–Kier alpha value is -2.29. The van der Waals surface area contributed by atoms with Crippen LogP contribution < -0.4 is 10.1 Å². The molecule has 3 nitrogen and oxygen atoms in total. The fourth-order valence-corrected chi connectivity index (χ4v) is 2.45. The third kappa shape index (κ3) is 5.44. The molecule has 0 saturated heterocycles. The minimum absolute atomic E-state index is 0.0642. The first-order valence-electron chi connectivity index (χ1n) is 8.07. The highest BCUT2D eigenvalue weighted by molar-refractivity contribution is 5.77. The summed E-state index contributed by atoms with van der Waals surface area (Å²) < 4.78 is 5.64. The molecule has 122 valence electrons. The molecule has 0 aliphatic carbocycles. The molecule has 2 aromatic rings. The molecule has 0 bridgehead atoms. The summed E-state index contributed by atoms with van der Waals surface area (Å²) >= 11 is 0. The van der Waals surface area contributed by atoms with Gasteiger partial charge in [-0.3, -0.25) is 4.79 Å². The van der Waals surface area contributed by atoms with Gasteiger partial charge in [0.1, 0.15) is 5.75 Å². The monoisotopic (exact) mass is 311 g/mol. The molecule has 0 fully saturated rings. The van der Waals surface area contributed by atoms with E-state index >= 15 is 0 Å². The van der Waals surface area contributed by atoms with Crippen molar-refractivity contribution in [3.8, 4) is 5.75 Å². The van der Waals surface area contributed by atoms with Crippen LogP contribution in [0, 0.1) is 20.8 Å². The van der Waals surface area contributed by atoms with Crippen LogP contribution in [-0.2, 0) is 11.2 Å². The second-order valence-corrected chi connectivity index (χ2v) is 5.93. The topological polar surface area (TPSA) is 38.3 Å². The third-order valence-electron chi connectivity index (χ3n) is 3.96. The molecule has 0 atom stereocenters. The van der Waals surface area contributed by atoms with Crippen LogP contribution in [0.15, 0.2) is 42.5 Å². The Labute approximate surface area is 138 Å². The number of carbonyl (C=O) groups excluding carboxylic acids is 1. The van der Waals surface area contributed by atoms with Gasteiger partial charge in [-0.1, -0.05) is 36.4 Å². The maximum atomic E-state index is 11.9. The lowest BCUT2D eigenvalue weighted by Gasteiger charge is -2.12. The summed E-state index contributed by atoms with van der Waals surface area (Å²) in [7, 11) is 0. The highest BCUT2D eigenvalue weighted by atomic mass is 16.5. The van der Waals surface area contributed by atoms with E-state index in [2.05, 4.69) is 30.4 Å². The molecule has 23 heavy (non-hydrogen) atoms. The summed E-state index contributed by atoms with van der Waals surface area (Å²) in [6.07, 6.45) is 1.90. The highest BCUT2D eigenvalue weighted by Crippen LogP contribution is 2.22. The fraction of sp³-hybridized carbons (Fsp3) is 0.350. The van der Waals surface area contributed by atoms with E-state index in [1.54, 1.807) is 0 Å². The molecule has 0 saturated carbocycles. The number of carbonyl (C=O) groups is 1. The van der Waals surface area contributed by atoms with E-state index in [0.717, 1.165) is 24.2 Å². The lowest BCUT2D eigenvalue weighted by Crippen LogP contribution is -2.30. The second kappa shape index (κ2) is 8.37. The minimum atomic E-state index is -0.0734. The van der Waals surface area contributed by atoms with Crippen molar-refractivity contribution >= 4 is 5.91 Å². The highest BCUT2D eigenvalue weighted by Gasteiger charge is 2.06. The first-order chi connectivity index (χ1) is 11.1. The Balaban J connectivity index is 1.70.